The molecule has 3 fully saturated rings. The third-order valence-electron chi connectivity index (χ3n) is 9.29. The van der Waals surface area contributed by atoms with Crippen molar-refractivity contribution < 1.29 is 28.7 Å². The Labute approximate surface area is 229 Å². The van der Waals surface area contributed by atoms with Gasteiger partial charge in [0, 0.05) is 24.8 Å². The quantitative estimate of drug-likeness (QED) is 0.275. The molecule has 1 aromatic carbocycles. The summed E-state index contributed by atoms with van der Waals surface area (Å²) in [5, 5.41) is 3.19. The van der Waals surface area contributed by atoms with Gasteiger partial charge in [0.05, 0.1) is 11.7 Å². The van der Waals surface area contributed by atoms with E-state index in [-0.39, 0.29) is 35.8 Å². The van der Waals surface area contributed by atoms with Gasteiger partial charge in [-0.15, -0.1) is 0 Å². The number of ketones is 2. The number of carbonyl (C=O) groups is 4. The molecule has 4 aliphatic rings. The van der Waals surface area contributed by atoms with Crippen LogP contribution in [-0.2, 0) is 35.1 Å². The van der Waals surface area contributed by atoms with E-state index in [4.69, 9.17) is 9.47 Å². The van der Waals surface area contributed by atoms with E-state index in [1.807, 2.05) is 55.5 Å². The minimum Gasteiger partial charge on any atom is -0.450 e. The molecule has 2 saturated heterocycles. The molecule has 1 N–H and O–H groups in total. The van der Waals surface area contributed by atoms with Crippen molar-refractivity contribution in [3.05, 3.63) is 71.8 Å². The zero-order valence-electron chi connectivity index (χ0n) is 23.2. The van der Waals surface area contributed by atoms with Gasteiger partial charge in [0.25, 0.3) is 0 Å². The van der Waals surface area contributed by atoms with Crippen molar-refractivity contribution in [1.29, 1.82) is 0 Å². The van der Waals surface area contributed by atoms with Crippen LogP contribution in [0.2, 0.25) is 0 Å². The summed E-state index contributed by atoms with van der Waals surface area (Å²) in [5.74, 6) is -2.68. The van der Waals surface area contributed by atoms with Crippen molar-refractivity contribution in [2.45, 2.75) is 71.3 Å². The van der Waals surface area contributed by atoms with Crippen LogP contribution >= 0.6 is 0 Å². The highest BCUT2D eigenvalue weighted by molar-refractivity contribution is 6.15. The molecule has 39 heavy (non-hydrogen) atoms. The molecule has 2 heterocycles. The maximum atomic E-state index is 14.3. The highest BCUT2D eigenvalue weighted by Crippen LogP contribution is 2.66. The van der Waals surface area contributed by atoms with E-state index < -0.39 is 40.6 Å². The van der Waals surface area contributed by atoms with Crippen LogP contribution in [-0.4, -0.2) is 47.3 Å². The Hall–Kier alpha value is -3.32. The van der Waals surface area contributed by atoms with Crippen LogP contribution in [0, 0.1) is 29.1 Å². The average Bonchev–Trinajstić information content (AvgIpc) is 3.50. The predicted molar refractivity (Wildman–Crippen MR) is 145 cm³/mol. The van der Waals surface area contributed by atoms with E-state index >= 15 is 0 Å². The fourth-order valence-corrected chi connectivity index (χ4v) is 7.30. The fraction of sp³-hybridized carbons (Fsp3) is 0.500. The van der Waals surface area contributed by atoms with Gasteiger partial charge in [-0.3, -0.25) is 19.2 Å². The van der Waals surface area contributed by atoms with Gasteiger partial charge in [-0.05, 0) is 61.8 Å². The summed E-state index contributed by atoms with van der Waals surface area (Å²) in [6.07, 6.45) is 8.15. The van der Waals surface area contributed by atoms with E-state index in [9.17, 15) is 19.2 Å². The van der Waals surface area contributed by atoms with Gasteiger partial charge in [0.2, 0.25) is 11.7 Å². The molecule has 1 saturated carbocycles. The van der Waals surface area contributed by atoms with Crippen molar-refractivity contribution in [3.8, 4) is 0 Å². The van der Waals surface area contributed by atoms with Crippen LogP contribution in [0.4, 0.5) is 0 Å². The number of epoxide rings is 1. The lowest BCUT2D eigenvalue weighted by molar-refractivity contribution is -0.149. The lowest BCUT2D eigenvalue weighted by atomic mass is 9.51. The van der Waals surface area contributed by atoms with Gasteiger partial charge in [0.15, 0.2) is 11.9 Å². The number of ether oxygens (including phenoxy) is 2. The Morgan fingerprint density at radius 2 is 1.85 bits per heavy atom. The summed E-state index contributed by atoms with van der Waals surface area (Å²) >= 11 is 0. The number of hydrogen-bond donors (Lipinski definition) is 1. The predicted octanol–water partition coefficient (Wildman–Crippen LogP) is 3.92. The molecule has 2 aliphatic heterocycles. The molecule has 0 aromatic heterocycles. The Morgan fingerprint density at radius 1 is 1.13 bits per heavy atom. The Morgan fingerprint density at radius 3 is 2.54 bits per heavy atom. The van der Waals surface area contributed by atoms with Crippen molar-refractivity contribution in [3.63, 3.8) is 0 Å². The van der Waals surface area contributed by atoms with Crippen molar-refractivity contribution in [1.82, 2.24) is 5.32 Å². The lowest BCUT2D eigenvalue weighted by Crippen LogP contribution is -2.58. The lowest BCUT2D eigenvalue weighted by Gasteiger charge is -2.45. The molecule has 1 aromatic rings. The third kappa shape index (κ3) is 4.50. The number of amides is 1. The first kappa shape index (κ1) is 27.3. The molecular weight excluding hydrogens is 494 g/mol. The number of benzene rings is 1. The largest absolute Gasteiger partial charge is 0.450 e. The Kier molecular flexibility index (Phi) is 7.00. The molecule has 9 atom stereocenters. The second kappa shape index (κ2) is 10.0. The topological polar surface area (TPSA) is 102 Å². The normalized spacial score (nSPS) is 42.6. The van der Waals surface area contributed by atoms with Crippen molar-refractivity contribution in [2.24, 2.45) is 29.1 Å². The van der Waals surface area contributed by atoms with E-state index in [2.05, 4.69) is 19.2 Å². The highest BCUT2D eigenvalue weighted by Gasteiger charge is 2.78. The molecule has 0 unspecified atom stereocenters. The smallest absolute Gasteiger partial charge is 0.303 e. The maximum Gasteiger partial charge on any atom is 0.303 e. The number of allylic oxidation sites excluding steroid dienone is 3. The summed E-state index contributed by atoms with van der Waals surface area (Å²) in [6.45, 7) is 9.16. The second-order valence-corrected chi connectivity index (χ2v) is 11.8. The molecule has 2 aliphatic carbocycles. The molecular formula is C32H37NO6. The molecule has 206 valence electrons. The summed E-state index contributed by atoms with van der Waals surface area (Å²) in [5.41, 5.74) is -0.177. The zero-order chi connectivity index (χ0) is 28.1. The maximum absolute atomic E-state index is 14.3. The average molecular weight is 532 g/mol. The SMILES string of the molecule is CC(=O)O[C@H]1C(=O)/C=C/C(=O)[C@@]23C(=O)N[C@@H](Cc4ccccc4)[C@@H]2[C@H](C)[C@@]2(C)O[C@H]2[C@@H]3/C=C/C[C@H](C)/C=C\1C. The second-order valence-electron chi connectivity index (χ2n) is 11.8. The fourth-order valence-electron chi connectivity index (χ4n) is 7.30. The van der Waals surface area contributed by atoms with Crippen LogP contribution in [0.1, 0.15) is 46.6 Å². The Bertz CT molecular complexity index is 1280. The van der Waals surface area contributed by atoms with Crippen LogP contribution in [0.3, 0.4) is 0 Å². The summed E-state index contributed by atoms with van der Waals surface area (Å²) in [4.78, 5) is 53.4. The van der Waals surface area contributed by atoms with Crippen molar-refractivity contribution in [2.75, 3.05) is 0 Å². The summed E-state index contributed by atoms with van der Waals surface area (Å²) < 4.78 is 11.7. The minimum absolute atomic E-state index is 0.0385. The summed E-state index contributed by atoms with van der Waals surface area (Å²) in [6, 6.07) is 9.66. The number of carbonyl (C=O) groups excluding carboxylic acids is 4. The molecule has 7 heteroatoms. The number of nitrogens with one attached hydrogen (secondary N) is 1. The highest BCUT2D eigenvalue weighted by atomic mass is 16.6. The number of rotatable bonds is 3. The molecule has 1 spiro atoms. The standard InChI is InChI=1S/C32H37NO6/c1-18-10-9-13-23-29-31(5,39-29)20(3)27-24(17-22-11-7-6-8-12-22)33-30(37)32(23,27)26(36)15-14-25(35)28(19(2)16-18)38-21(4)34/h6-9,11-16,18,20,23-24,27-29H,10,17H2,1-5H3,(H,33,37)/b13-9+,15-14+,19-16-/t18-,20-,23-,24-,27-,28+,29-,31+,32+/m0/s1. The van der Waals surface area contributed by atoms with Crippen LogP contribution in [0.25, 0.3) is 0 Å². The van der Waals surface area contributed by atoms with Gasteiger partial charge >= 0.3 is 5.97 Å². The van der Waals surface area contributed by atoms with E-state index in [1.54, 1.807) is 6.92 Å². The first-order valence-corrected chi connectivity index (χ1v) is 13.8. The molecule has 5 rings (SSSR count). The molecule has 7 nitrogen and oxygen atoms in total. The number of fused-ring (bicyclic) bond motifs is 2. The third-order valence-corrected chi connectivity index (χ3v) is 9.29. The van der Waals surface area contributed by atoms with Gasteiger partial charge in [-0.2, -0.15) is 0 Å². The molecule has 0 radical (unpaired) electrons. The number of esters is 1. The minimum atomic E-state index is -1.41. The molecule has 1 amide bonds. The first-order chi connectivity index (χ1) is 18.5. The number of hydrogen-bond acceptors (Lipinski definition) is 6. The molecule has 0 bridgehead atoms. The van der Waals surface area contributed by atoms with E-state index in [1.165, 1.54) is 19.1 Å². The summed E-state index contributed by atoms with van der Waals surface area (Å²) in [7, 11) is 0. The van der Waals surface area contributed by atoms with Crippen molar-refractivity contribution >= 4 is 23.4 Å². The van der Waals surface area contributed by atoms with Gasteiger partial charge in [-0.1, -0.05) is 62.4 Å². The first-order valence-electron chi connectivity index (χ1n) is 13.8. The Balaban J connectivity index is 1.61. The zero-order valence-corrected chi connectivity index (χ0v) is 23.2. The van der Waals surface area contributed by atoms with E-state index in [0.717, 1.165) is 5.56 Å². The van der Waals surface area contributed by atoms with Crippen LogP contribution in [0.15, 0.2) is 66.3 Å². The van der Waals surface area contributed by atoms with Crippen LogP contribution in [0.5, 0.6) is 0 Å². The van der Waals surface area contributed by atoms with Gasteiger partial charge < -0.3 is 14.8 Å². The van der Waals surface area contributed by atoms with Crippen LogP contribution < -0.4 is 5.32 Å². The monoisotopic (exact) mass is 531 g/mol. The van der Waals surface area contributed by atoms with E-state index in [0.29, 0.717) is 18.4 Å². The van der Waals surface area contributed by atoms with Gasteiger partial charge in [0.1, 0.15) is 5.41 Å². The van der Waals surface area contributed by atoms with Gasteiger partial charge in [-0.25, -0.2) is 0 Å².